The number of nitrogens with zero attached hydrogens (tertiary/aromatic N) is 1. The van der Waals surface area contributed by atoms with E-state index < -0.39 is 16.5 Å². The molecule has 3 aromatic rings. The van der Waals surface area contributed by atoms with Crippen LogP contribution in [0.4, 0.5) is 10.1 Å². The van der Waals surface area contributed by atoms with Gasteiger partial charge in [0.2, 0.25) is 0 Å². The number of carbonyl (C=O) groups excluding carboxylic acids is 1. The molecule has 142 valence electrons. The summed E-state index contributed by atoms with van der Waals surface area (Å²) in [5.74, 6) is -0.229. The highest BCUT2D eigenvalue weighted by Gasteiger charge is 2.13. The first-order valence-electron chi connectivity index (χ1n) is 7.99. The fraction of sp³-hybridized carbons (Fsp3) is 0.0500. The van der Waals surface area contributed by atoms with Crippen molar-refractivity contribution >= 4 is 29.1 Å². The van der Waals surface area contributed by atoms with Gasteiger partial charge in [-0.05, 0) is 48.6 Å². The predicted octanol–water partition coefficient (Wildman–Crippen LogP) is 5.55. The van der Waals surface area contributed by atoms with Crippen molar-refractivity contribution in [3.63, 3.8) is 0 Å². The second kappa shape index (κ2) is 8.06. The minimum Gasteiger partial charge on any atom is -0.494 e. The highest BCUT2D eigenvalue weighted by molar-refractivity contribution is 6.33. The molecular formula is C20H13ClFNO5. The van der Waals surface area contributed by atoms with E-state index in [0.717, 1.165) is 6.07 Å². The number of hydrogen-bond acceptors (Lipinski definition) is 5. The Kier molecular flexibility index (Phi) is 5.56. The number of benzene rings is 2. The van der Waals surface area contributed by atoms with Crippen LogP contribution in [0.5, 0.6) is 5.75 Å². The Balaban J connectivity index is 1.78. The van der Waals surface area contributed by atoms with E-state index in [1.807, 2.05) is 0 Å². The van der Waals surface area contributed by atoms with Crippen LogP contribution in [0.2, 0.25) is 5.02 Å². The highest BCUT2D eigenvalue weighted by atomic mass is 35.5. The van der Waals surface area contributed by atoms with Crippen molar-refractivity contribution in [2.75, 3.05) is 7.11 Å². The second-order valence-corrected chi connectivity index (χ2v) is 6.08. The number of nitro benzene ring substituents is 1. The molecule has 0 bridgehead atoms. The topological polar surface area (TPSA) is 82.6 Å². The standard InChI is InChI=1S/C20H13ClFNO5/c1-27-20-8-2-12(10-17(20)22)18(24)7-4-14-5-9-19(28-14)15-6-3-13(23(25)26)11-16(15)21/h2-11H,1H3/b7-4+. The molecule has 0 spiro atoms. The van der Waals surface area contributed by atoms with E-state index in [2.05, 4.69) is 0 Å². The molecular weight excluding hydrogens is 389 g/mol. The molecule has 2 aromatic carbocycles. The quantitative estimate of drug-likeness (QED) is 0.234. The Morgan fingerprint density at radius 3 is 2.64 bits per heavy atom. The molecule has 0 aliphatic heterocycles. The first-order valence-corrected chi connectivity index (χ1v) is 8.37. The van der Waals surface area contributed by atoms with Gasteiger partial charge in [-0.3, -0.25) is 14.9 Å². The van der Waals surface area contributed by atoms with E-state index in [9.17, 15) is 19.3 Å². The van der Waals surface area contributed by atoms with Crippen molar-refractivity contribution in [1.82, 2.24) is 0 Å². The Bertz CT molecular complexity index is 1090. The molecule has 1 heterocycles. The van der Waals surface area contributed by atoms with Crippen LogP contribution >= 0.6 is 11.6 Å². The Labute approximate surface area is 164 Å². The molecule has 0 unspecified atom stereocenters. The van der Waals surface area contributed by atoms with E-state index >= 15 is 0 Å². The van der Waals surface area contributed by atoms with E-state index in [-0.39, 0.29) is 22.0 Å². The maximum Gasteiger partial charge on any atom is 0.270 e. The first-order chi connectivity index (χ1) is 13.4. The lowest BCUT2D eigenvalue weighted by molar-refractivity contribution is -0.384. The van der Waals surface area contributed by atoms with Gasteiger partial charge < -0.3 is 9.15 Å². The van der Waals surface area contributed by atoms with Crippen molar-refractivity contribution in [1.29, 1.82) is 0 Å². The normalized spacial score (nSPS) is 11.0. The van der Waals surface area contributed by atoms with Crippen LogP contribution in [-0.2, 0) is 0 Å². The van der Waals surface area contributed by atoms with E-state index in [0.29, 0.717) is 17.1 Å². The third kappa shape index (κ3) is 4.10. The van der Waals surface area contributed by atoms with Crippen LogP contribution < -0.4 is 4.74 Å². The van der Waals surface area contributed by atoms with Crippen LogP contribution in [-0.4, -0.2) is 17.8 Å². The largest absolute Gasteiger partial charge is 0.494 e. The number of halogens is 2. The lowest BCUT2D eigenvalue weighted by Gasteiger charge is -2.02. The number of methoxy groups -OCH3 is 1. The van der Waals surface area contributed by atoms with Gasteiger partial charge >= 0.3 is 0 Å². The number of hydrogen-bond donors (Lipinski definition) is 0. The smallest absolute Gasteiger partial charge is 0.270 e. The van der Waals surface area contributed by atoms with Crippen molar-refractivity contribution < 1.29 is 23.3 Å². The Morgan fingerprint density at radius 2 is 2.00 bits per heavy atom. The molecule has 0 saturated carbocycles. The van der Waals surface area contributed by atoms with Crippen molar-refractivity contribution in [2.45, 2.75) is 0 Å². The molecule has 28 heavy (non-hydrogen) atoms. The fourth-order valence-electron chi connectivity index (χ4n) is 2.48. The van der Waals surface area contributed by atoms with Crippen LogP contribution in [0.1, 0.15) is 16.1 Å². The Morgan fingerprint density at radius 1 is 1.21 bits per heavy atom. The monoisotopic (exact) mass is 401 g/mol. The Hall–Kier alpha value is -3.45. The van der Waals surface area contributed by atoms with Gasteiger partial charge in [0.25, 0.3) is 5.69 Å². The van der Waals surface area contributed by atoms with E-state index in [4.69, 9.17) is 20.8 Å². The first kappa shape index (κ1) is 19.3. The molecule has 0 fully saturated rings. The average molecular weight is 402 g/mol. The summed E-state index contributed by atoms with van der Waals surface area (Å²) in [6.07, 6.45) is 2.69. The van der Waals surface area contributed by atoms with Gasteiger partial charge in [0.05, 0.1) is 17.1 Å². The second-order valence-electron chi connectivity index (χ2n) is 5.67. The number of nitro groups is 1. The minimum atomic E-state index is -0.630. The SMILES string of the molecule is COc1ccc(C(=O)/C=C/c2ccc(-c3ccc([N+](=O)[O-])cc3Cl)o2)cc1F. The van der Waals surface area contributed by atoms with Gasteiger partial charge in [0.15, 0.2) is 17.3 Å². The zero-order valence-electron chi connectivity index (χ0n) is 14.5. The van der Waals surface area contributed by atoms with Crippen LogP contribution in [0, 0.1) is 15.9 Å². The van der Waals surface area contributed by atoms with Gasteiger partial charge in [0.1, 0.15) is 11.5 Å². The van der Waals surface area contributed by atoms with Crippen LogP contribution in [0.25, 0.3) is 17.4 Å². The van der Waals surface area contributed by atoms with Crippen LogP contribution in [0.15, 0.2) is 59.0 Å². The molecule has 1 aromatic heterocycles. The number of ether oxygens (including phenoxy) is 1. The molecule has 8 heteroatoms. The summed E-state index contributed by atoms with van der Waals surface area (Å²) in [5.41, 5.74) is 0.521. The average Bonchev–Trinajstić information content (AvgIpc) is 3.14. The molecule has 0 amide bonds. The summed E-state index contributed by atoms with van der Waals surface area (Å²) in [4.78, 5) is 22.4. The lowest BCUT2D eigenvalue weighted by Crippen LogP contribution is -1.96. The maximum atomic E-state index is 13.7. The third-order valence-electron chi connectivity index (χ3n) is 3.89. The van der Waals surface area contributed by atoms with Crippen molar-refractivity contribution in [3.8, 4) is 17.1 Å². The van der Waals surface area contributed by atoms with Crippen LogP contribution in [0.3, 0.4) is 0 Å². The van der Waals surface area contributed by atoms with Crippen molar-refractivity contribution in [3.05, 3.63) is 86.9 Å². The number of rotatable bonds is 6. The highest BCUT2D eigenvalue weighted by Crippen LogP contribution is 2.32. The third-order valence-corrected chi connectivity index (χ3v) is 4.20. The summed E-state index contributed by atoms with van der Waals surface area (Å²) in [7, 11) is 1.34. The van der Waals surface area contributed by atoms with Gasteiger partial charge in [-0.2, -0.15) is 0 Å². The summed E-state index contributed by atoms with van der Waals surface area (Å²) in [6.45, 7) is 0. The zero-order chi connectivity index (χ0) is 20.3. The summed E-state index contributed by atoms with van der Waals surface area (Å²) in [5, 5.41) is 11.0. The summed E-state index contributed by atoms with van der Waals surface area (Å²) < 4.78 is 24.1. The molecule has 0 aliphatic rings. The lowest BCUT2D eigenvalue weighted by atomic mass is 10.1. The van der Waals surface area contributed by atoms with E-state index in [1.54, 1.807) is 12.1 Å². The summed E-state index contributed by atoms with van der Waals surface area (Å²) >= 11 is 6.08. The molecule has 0 radical (unpaired) electrons. The number of furan rings is 1. The predicted molar refractivity (Wildman–Crippen MR) is 102 cm³/mol. The van der Waals surface area contributed by atoms with Gasteiger partial charge in [-0.15, -0.1) is 0 Å². The van der Waals surface area contributed by atoms with E-state index in [1.165, 1.54) is 49.6 Å². The fourth-order valence-corrected chi connectivity index (χ4v) is 2.75. The number of carbonyl (C=O) groups is 1. The van der Waals surface area contributed by atoms with Gasteiger partial charge in [-0.25, -0.2) is 4.39 Å². The minimum absolute atomic E-state index is 0.0520. The zero-order valence-corrected chi connectivity index (χ0v) is 15.3. The molecule has 0 aliphatic carbocycles. The molecule has 0 N–H and O–H groups in total. The van der Waals surface area contributed by atoms with Gasteiger partial charge in [-0.1, -0.05) is 11.6 Å². The number of ketones is 1. The maximum absolute atomic E-state index is 13.7. The number of non-ortho nitro benzene ring substituents is 1. The van der Waals surface area contributed by atoms with Gasteiger partial charge in [0, 0.05) is 23.3 Å². The molecule has 0 atom stereocenters. The molecule has 3 rings (SSSR count). The van der Waals surface area contributed by atoms with Crippen molar-refractivity contribution in [2.24, 2.45) is 0 Å². The number of allylic oxidation sites excluding steroid dienone is 1. The molecule has 0 saturated heterocycles. The molecule has 6 nitrogen and oxygen atoms in total. The summed E-state index contributed by atoms with van der Waals surface area (Å²) in [6, 6.07) is 11.2.